The fourth-order valence-electron chi connectivity index (χ4n) is 6.04. The molecular weight excluding hydrogens is 618 g/mol. The molecule has 0 aliphatic heterocycles. The number of Topliss-reactive ketones (excluding diaryl/α,β-unsaturated/α-hetero) is 2. The second-order valence-electron chi connectivity index (χ2n) is 14.6. The van der Waals surface area contributed by atoms with Crippen molar-refractivity contribution in [2.45, 2.75) is 104 Å². The monoisotopic (exact) mass is 689 g/mol. The number of quaternary nitrogens is 2. The van der Waals surface area contributed by atoms with Gasteiger partial charge in [0.15, 0.2) is 11.9 Å². The molecular formula is C40H70N3O6+2. The Balaban J connectivity index is 2.71. The van der Waals surface area contributed by atoms with Crippen molar-refractivity contribution in [2.24, 2.45) is 5.92 Å². The van der Waals surface area contributed by atoms with Crippen LogP contribution in [0.5, 0.6) is 0 Å². The molecule has 2 N–H and O–H groups in total. The SMILES string of the molecule is C[CH]OCCCCC(C)C(=O)CC[N+](C)(CCC(=O)C(C)OCCCCCC)CC(O)C[N+](C)(C)CCCNC(=O)C=Cc1ccccc1. The van der Waals surface area contributed by atoms with Crippen LogP contribution in [0.3, 0.4) is 0 Å². The zero-order valence-corrected chi connectivity index (χ0v) is 32.0. The fraction of sp³-hybridized carbons (Fsp3) is 0.700. The zero-order chi connectivity index (χ0) is 36.5. The quantitative estimate of drug-likeness (QED) is 0.0585. The number of rotatable bonds is 30. The Hall–Kier alpha value is -2.43. The van der Waals surface area contributed by atoms with Crippen LogP contribution in [0.1, 0.15) is 97.5 Å². The summed E-state index contributed by atoms with van der Waals surface area (Å²) in [5.41, 5.74) is 0.978. The summed E-state index contributed by atoms with van der Waals surface area (Å²) in [5.74, 6) is 0.142. The number of nitrogens with one attached hydrogen (secondary N) is 1. The van der Waals surface area contributed by atoms with Gasteiger partial charge in [0, 0.05) is 38.2 Å². The van der Waals surface area contributed by atoms with Gasteiger partial charge in [-0.05, 0) is 44.7 Å². The topological polar surface area (TPSA) is 102 Å². The Kier molecular flexibility index (Phi) is 23.2. The van der Waals surface area contributed by atoms with Crippen LogP contribution in [0, 0.1) is 12.5 Å². The number of hydrogen-bond acceptors (Lipinski definition) is 6. The molecule has 1 radical (unpaired) electrons. The van der Waals surface area contributed by atoms with Crippen LogP contribution in [0.2, 0.25) is 0 Å². The largest absolute Gasteiger partial charge is 0.382 e. The summed E-state index contributed by atoms with van der Waals surface area (Å²) in [7, 11) is 6.23. The number of ketones is 2. The molecule has 49 heavy (non-hydrogen) atoms. The Morgan fingerprint density at radius 3 is 2.20 bits per heavy atom. The van der Waals surface area contributed by atoms with E-state index in [4.69, 9.17) is 9.47 Å². The van der Waals surface area contributed by atoms with Gasteiger partial charge in [-0.15, -0.1) is 0 Å². The van der Waals surface area contributed by atoms with E-state index in [9.17, 15) is 19.5 Å². The maximum atomic E-state index is 13.1. The molecule has 0 saturated carbocycles. The van der Waals surface area contributed by atoms with E-state index in [0.717, 1.165) is 57.1 Å². The Morgan fingerprint density at radius 2 is 1.53 bits per heavy atom. The van der Waals surface area contributed by atoms with E-state index < -0.39 is 12.2 Å². The average Bonchev–Trinajstić information content (AvgIpc) is 3.06. The van der Waals surface area contributed by atoms with Gasteiger partial charge in [0.05, 0.1) is 60.2 Å². The molecule has 9 nitrogen and oxygen atoms in total. The molecule has 279 valence electrons. The predicted octanol–water partition coefficient (Wildman–Crippen LogP) is 6.00. The molecule has 1 rings (SSSR count). The summed E-state index contributed by atoms with van der Waals surface area (Å²) in [6.45, 7) is 14.3. The van der Waals surface area contributed by atoms with E-state index in [1.807, 2.05) is 51.1 Å². The Bertz CT molecular complexity index is 1040. The molecule has 9 heteroatoms. The van der Waals surface area contributed by atoms with Gasteiger partial charge in [-0.25, -0.2) is 0 Å². The molecule has 1 aromatic carbocycles. The van der Waals surface area contributed by atoms with Crippen LogP contribution in [0.15, 0.2) is 36.4 Å². The van der Waals surface area contributed by atoms with Crippen molar-refractivity contribution < 1.29 is 37.9 Å². The van der Waals surface area contributed by atoms with E-state index in [0.29, 0.717) is 67.7 Å². The standard InChI is InChI=1S/C40H69N3O6/c1-8-10-11-16-31-49-35(4)39(46)25-29-43(7,28-24-38(45)34(3)19-15-17-30-48-9-2)33-37(44)32-42(5,6)27-18-26-41-40(47)23-22-36-20-13-12-14-21-36/h9,12-14,20-23,34-35,37,44H,8,10-11,15-19,24-33H2,1-7H3/q+1/p+1. The third kappa shape index (κ3) is 22.1. The van der Waals surface area contributed by atoms with Gasteiger partial charge in [-0.1, -0.05) is 69.9 Å². The first kappa shape index (κ1) is 44.6. The molecule has 4 unspecified atom stereocenters. The van der Waals surface area contributed by atoms with Gasteiger partial charge in [-0.2, -0.15) is 0 Å². The van der Waals surface area contributed by atoms with Gasteiger partial charge in [0.2, 0.25) is 5.91 Å². The summed E-state index contributed by atoms with van der Waals surface area (Å²) < 4.78 is 12.2. The first-order chi connectivity index (χ1) is 23.3. The number of aliphatic hydroxyl groups is 1. The van der Waals surface area contributed by atoms with Crippen LogP contribution in [0.25, 0.3) is 6.08 Å². The van der Waals surface area contributed by atoms with Crippen LogP contribution in [0.4, 0.5) is 0 Å². The molecule has 0 fully saturated rings. The Labute approximate surface area is 298 Å². The van der Waals surface area contributed by atoms with Crippen LogP contribution < -0.4 is 5.32 Å². The number of amides is 1. The van der Waals surface area contributed by atoms with Crippen LogP contribution in [-0.2, 0) is 23.9 Å². The summed E-state index contributed by atoms with van der Waals surface area (Å²) in [6, 6.07) is 9.72. The molecule has 0 spiro atoms. The number of nitrogens with zero attached hydrogens (tertiary/aromatic N) is 2. The number of carbonyl (C=O) groups excluding carboxylic acids is 3. The lowest BCUT2D eigenvalue weighted by Crippen LogP contribution is -2.56. The van der Waals surface area contributed by atoms with Crippen molar-refractivity contribution in [2.75, 3.05) is 73.6 Å². The highest BCUT2D eigenvalue weighted by molar-refractivity contribution is 5.91. The van der Waals surface area contributed by atoms with Gasteiger partial charge in [0.25, 0.3) is 0 Å². The third-order valence-corrected chi connectivity index (χ3v) is 9.30. The van der Waals surface area contributed by atoms with E-state index in [-0.39, 0.29) is 23.4 Å². The van der Waals surface area contributed by atoms with Gasteiger partial charge in [0.1, 0.15) is 25.0 Å². The summed E-state index contributed by atoms with van der Waals surface area (Å²) in [4.78, 5) is 38.4. The highest BCUT2D eigenvalue weighted by Crippen LogP contribution is 2.17. The lowest BCUT2D eigenvalue weighted by Gasteiger charge is -2.39. The number of unbranched alkanes of at least 4 members (excludes halogenated alkanes) is 4. The van der Waals surface area contributed by atoms with Crippen LogP contribution >= 0.6 is 0 Å². The van der Waals surface area contributed by atoms with E-state index >= 15 is 0 Å². The van der Waals surface area contributed by atoms with Crippen molar-refractivity contribution in [3.05, 3.63) is 48.6 Å². The first-order valence-electron chi connectivity index (χ1n) is 18.7. The fourth-order valence-corrected chi connectivity index (χ4v) is 6.04. The summed E-state index contributed by atoms with van der Waals surface area (Å²) >= 11 is 0. The van der Waals surface area contributed by atoms with Crippen molar-refractivity contribution in [1.82, 2.24) is 5.32 Å². The highest BCUT2D eigenvalue weighted by Gasteiger charge is 2.32. The second kappa shape index (κ2) is 25.5. The van der Waals surface area contributed by atoms with Gasteiger partial charge < -0.3 is 28.9 Å². The molecule has 0 saturated heterocycles. The maximum absolute atomic E-state index is 13.1. The van der Waals surface area contributed by atoms with E-state index in [2.05, 4.69) is 33.4 Å². The molecule has 0 bridgehead atoms. The molecule has 1 aromatic rings. The Morgan fingerprint density at radius 1 is 0.857 bits per heavy atom. The summed E-state index contributed by atoms with van der Waals surface area (Å²) in [6.07, 6.45) is 10.9. The van der Waals surface area contributed by atoms with E-state index in [1.54, 1.807) is 18.8 Å². The minimum Gasteiger partial charge on any atom is -0.382 e. The van der Waals surface area contributed by atoms with E-state index in [1.165, 1.54) is 6.42 Å². The lowest BCUT2D eigenvalue weighted by molar-refractivity contribution is -0.925. The number of ether oxygens (including phenoxy) is 2. The zero-order valence-electron chi connectivity index (χ0n) is 32.0. The number of hydrogen-bond donors (Lipinski definition) is 2. The highest BCUT2D eigenvalue weighted by atomic mass is 16.5. The lowest BCUT2D eigenvalue weighted by atomic mass is 9.97. The van der Waals surface area contributed by atoms with Crippen molar-refractivity contribution in [3.63, 3.8) is 0 Å². The first-order valence-corrected chi connectivity index (χ1v) is 18.7. The smallest absolute Gasteiger partial charge is 0.244 e. The summed E-state index contributed by atoms with van der Waals surface area (Å²) in [5, 5.41) is 14.3. The average molecular weight is 689 g/mol. The minimum absolute atomic E-state index is 0.0309. The van der Waals surface area contributed by atoms with Crippen molar-refractivity contribution in [1.29, 1.82) is 0 Å². The molecule has 0 aromatic heterocycles. The number of likely N-dealkylation sites (N-methyl/N-ethyl adjacent to an activating group) is 2. The second-order valence-corrected chi connectivity index (χ2v) is 14.6. The van der Waals surface area contributed by atoms with Gasteiger partial charge in [-0.3, -0.25) is 14.4 Å². The predicted molar refractivity (Wildman–Crippen MR) is 199 cm³/mol. The molecule has 0 aliphatic rings. The molecule has 0 aliphatic carbocycles. The molecule has 0 heterocycles. The maximum Gasteiger partial charge on any atom is 0.244 e. The minimum atomic E-state index is -0.617. The molecule has 4 atom stereocenters. The number of aliphatic hydroxyl groups excluding tert-OH is 1. The number of carbonyl (C=O) groups is 3. The normalized spacial score (nSPS) is 15.1. The number of benzene rings is 1. The third-order valence-electron chi connectivity index (χ3n) is 9.30. The van der Waals surface area contributed by atoms with Crippen LogP contribution in [-0.4, -0.2) is 117 Å². The van der Waals surface area contributed by atoms with Crippen molar-refractivity contribution in [3.8, 4) is 0 Å². The van der Waals surface area contributed by atoms with Crippen molar-refractivity contribution >= 4 is 23.5 Å². The molecule has 1 amide bonds. The van der Waals surface area contributed by atoms with Gasteiger partial charge >= 0.3 is 0 Å².